The smallest absolute Gasteiger partial charge is 0.311 e. The summed E-state index contributed by atoms with van der Waals surface area (Å²) in [6, 6.07) is 16.0. The number of rotatable bonds is 7. The van der Waals surface area contributed by atoms with E-state index in [1.165, 1.54) is 48.5 Å². The Hall–Kier alpha value is -4.27. The van der Waals surface area contributed by atoms with Gasteiger partial charge < -0.3 is 15.4 Å². The van der Waals surface area contributed by atoms with E-state index in [1.807, 2.05) is 0 Å². The highest BCUT2D eigenvalue weighted by atomic mass is 19.1. The number of nitrogens with zero attached hydrogens (tertiary/aromatic N) is 1. The summed E-state index contributed by atoms with van der Waals surface area (Å²) in [5.74, 6) is -1.57. The summed E-state index contributed by atoms with van der Waals surface area (Å²) in [5.41, 5.74) is 1.25. The zero-order valence-electron chi connectivity index (χ0n) is 16.4. The average molecular weight is 423 g/mol. The van der Waals surface area contributed by atoms with E-state index in [2.05, 4.69) is 10.6 Å². The summed E-state index contributed by atoms with van der Waals surface area (Å²) in [6.07, 6.45) is 0. The third kappa shape index (κ3) is 5.63. The minimum atomic E-state index is -0.600. The van der Waals surface area contributed by atoms with Crippen molar-refractivity contribution in [3.63, 3.8) is 0 Å². The number of carbonyl (C=O) groups is 2. The van der Waals surface area contributed by atoms with Crippen LogP contribution in [-0.4, -0.2) is 23.3 Å². The number of aryl methyl sites for hydroxylation is 1. The lowest BCUT2D eigenvalue weighted by molar-refractivity contribution is -0.385. The van der Waals surface area contributed by atoms with Crippen LogP contribution in [0.5, 0.6) is 5.75 Å². The lowest BCUT2D eigenvalue weighted by atomic mass is 10.1. The van der Waals surface area contributed by atoms with E-state index in [0.717, 1.165) is 0 Å². The van der Waals surface area contributed by atoms with Crippen LogP contribution >= 0.6 is 0 Å². The van der Waals surface area contributed by atoms with Gasteiger partial charge in [-0.15, -0.1) is 0 Å². The third-order valence-electron chi connectivity index (χ3n) is 4.22. The first-order chi connectivity index (χ1) is 14.8. The van der Waals surface area contributed by atoms with Gasteiger partial charge in [0.2, 0.25) is 0 Å². The second-order valence-electron chi connectivity index (χ2n) is 6.57. The van der Waals surface area contributed by atoms with Crippen LogP contribution in [0.1, 0.15) is 15.9 Å². The van der Waals surface area contributed by atoms with E-state index >= 15 is 0 Å². The van der Waals surface area contributed by atoms with Crippen molar-refractivity contribution in [3.05, 3.63) is 93.8 Å². The molecule has 2 N–H and O–H groups in total. The number of halogens is 1. The zero-order chi connectivity index (χ0) is 22.4. The fourth-order valence-electron chi connectivity index (χ4n) is 2.74. The molecular weight excluding hydrogens is 405 g/mol. The number of para-hydroxylation sites is 1. The molecule has 0 aliphatic carbocycles. The number of anilines is 2. The molecule has 0 aliphatic rings. The fraction of sp³-hybridized carbons (Fsp3) is 0.0909. The largest absolute Gasteiger partial charge is 0.477 e. The molecule has 0 saturated carbocycles. The summed E-state index contributed by atoms with van der Waals surface area (Å²) in [4.78, 5) is 35.5. The number of hydrogen-bond donors (Lipinski definition) is 2. The maximum absolute atomic E-state index is 13.0. The van der Waals surface area contributed by atoms with Crippen LogP contribution in [0.3, 0.4) is 0 Å². The second kappa shape index (κ2) is 9.49. The third-order valence-corrected chi connectivity index (χ3v) is 4.22. The Bertz CT molecular complexity index is 1130. The highest BCUT2D eigenvalue weighted by Gasteiger charge is 2.18. The van der Waals surface area contributed by atoms with Crippen LogP contribution < -0.4 is 15.4 Å². The molecule has 8 nitrogen and oxygen atoms in total. The number of nitro benzene ring substituents is 1. The first kappa shape index (κ1) is 21.4. The summed E-state index contributed by atoms with van der Waals surface area (Å²) >= 11 is 0. The highest BCUT2D eigenvalue weighted by Crippen LogP contribution is 2.27. The van der Waals surface area contributed by atoms with E-state index in [9.17, 15) is 24.1 Å². The van der Waals surface area contributed by atoms with Crippen LogP contribution in [0.4, 0.5) is 21.5 Å². The molecule has 0 atom stereocenters. The first-order valence-corrected chi connectivity index (χ1v) is 9.17. The minimum absolute atomic E-state index is 0.0342. The summed E-state index contributed by atoms with van der Waals surface area (Å²) in [7, 11) is 0. The highest BCUT2D eigenvalue weighted by molar-refractivity contribution is 6.10. The molecule has 0 aromatic heterocycles. The number of nitrogens with one attached hydrogen (secondary N) is 2. The van der Waals surface area contributed by atoms with Gasteiger partial charge in [-0.1, -0.05) is 18.2 Å². The van der Waals surface area contributed by atoms with Crippen LogP contribution in [0.2, 0.25) is 0 Å². The van der Waals surface area contributed by atoms with E-state index in [1.54, 1.807) is 25.1 Å². The second-order valence-corrected chi connectivity index (χ2v) is 6.57. The van der Waals surface area contributed by atoms with Gasteiger partial charge in [-0.05, 0) is 55.0 Å². The van der Waals surface area contributed by atoms with Gasteiger partial charge in [-0.2, -0.15) is 0 Å². The molecule has 9 heteroatoms. The maximum atomic E-state index is 13.0. The van der Waals surface area contributed by atoms with Gasteiger partial charge in [0, 0.05) is 11.8 Å². The first-order valence-electron chi connectivity index (χ1n) is 9.17. The van der Waals surface area contributed by atoms with Crippen molar-refractivity contribution in [2.24, 2.45) is 0 Å². The number of amides is 2. The number of hydrogen-bond acceptors (Lipinski definition) is 5. The Morgan fingerprint density at radius 3 is 2.45 bits per heavy atom. The van der Waals surface area contributed by atoms with Crippen molar-refractivity contribution in [2.75, 3.05) is 17.2 Å². The molecule has 0 spiro atoms. The minimum Gasteiger partial charge on any atom is -0.477 e. The molecule has 0 unspecified atom stereocenters. The van der Waals surface area contributed by atoms with Gasteiger partial charge in [-0.25, -0.2) is 4.39 Å². The van der Waals surface area contributed by atoms with Crippen LogP contribution in [0.25, 0.3) is 0 Å². The fourth-order valence-corrected chi connectivity index (χ4v) is 2.74. The molecular formula is C22H18FN3O5. The molecule has 0 saturated heterocycles. The predicted molar refractivity (Wildman–Crippen MR) is 113 cm³/mol. The number of benzene rings is 3. The molecule has 0 heterocycles. The van der Waals surface area contributed by atoms with Gasteiger partial charge in [0.1, 0.15) is 5.82 Å². The molecule has 0 bridgehead atoms. The quantitative estimate of drug-likeness (QED) is 0.435. The lowest BCUT2D eigenvalue weighted by Gasteiger charge is -2.12. The van der Waals surface area contributed by atoms with Gasteiger partial charge in [0.25, 0.3) is 11.8 Å². The topological polar surface area (TPSA) is 111 Å². The number of carbonyl (C=O) groups excluding carboxylic acids is 2. The monoisotopic (exact) mass is 423 g/mol. The Labute approximate surface area is 176 Å². The molecule has 0 aliphatic heterocycles. The molecule has 0 radical (unpaired) electrons. The summed E-state index contributed by atoms with van der Waals surface area (Å²) in [5, 5.41) is 16.3. The van der Waals surface area contributed by atoms with Crippen LogP contribution in [0.15, 0.2) is 66.7 Å². The summed E-state index contributed by atoms with van der Waals surface area (Å²) < 4.78 is 18.3. The number of ether oxygens (including phenoxy) is 1. The van der Waals surface area contributed by atoms with Crippen LogP contribution in [-0.2, 0) is 4.79 Å². The van der Waals surface area contributed by atoms with E-state index in [0.29, 0.717) is 11.3 Å². The van der Waals surface area contributed by atoms with E-state index in [4.69, 9.17) is 4.74 Å². The molecule has 3 aromatic carbocycles. The summed E-state index contributed by atoms with van der Waals surface area (Å²) in [6.45, 7) is 1.22. The number of nitro groups is 1. The molecule has 3 rings (SSSR count). The van der Waals surface area contributed by atoms with Crippen molar-refractivity contribution < 1.29 is 23.6 Å². The Kier molecular flexibility index (Phi) is 6.56. The average Bonchev–Trinajstić information content (AvgIpc) is 2.74. The van der Waals surface area contributed by atoms with Crippen molar-refractivity contribution in [1.29, 1.82) is 0 Å². The Morgan fingerprint density at radius 1 is 1.03 bits per heavy atom. The van der Waals surface area contributed by atoms with Crippen molar-refractivity contribution in [1.82, 2.24) is 0 Å². The van der Waals surface area contributed by atoms with E-state index < -0.39 is 29.2 Å². The SMILES string of the molecule is Cc1ccc(OCC(=O)Nc2ccccc2C(=O)Nc2ccc(F)cc2)c([N+](=O)[O-])c1. The standard InChI is InChI=1S/C22H18FN3O5/c1-14-6-11-20(19(12-14)26(29)30)31-13-21(27)25-18-5-3-2-4-17(18)22(28)24-16-9-7-15(23)8-10-16/h2-12H,13H2,1H3,(H,24,28)(H,25,27). The Balaban J connectivity index is 1.68. The van der Waals surface area contributed by atoms with Crippen molar-refractivity contribution in [3.8, 4) is 5.75 Å². The molecule has 31 heavy (non-hydrogen) atoms. The van der Waals surface area contributed by atoms with Crippen LogP contribution in [0, 0.1) is 22.9 Å². The van der Waals surface area contributed by atoms with Gasteiger partial charge in [-0.3, -0.25) is 19.7 Å². The van der Waals surface area contributed by atoms with Crippen molar-refractivity contribution in [2.45, 2.75) is 6.92 Å². The Morgan fingerprint density at radius 2 is 1.74 bits per heavy atom. The van der Waals surface area contributed by atoms with E-state index in [-0.39, 0.29) is 22.7 Å². The van der Waals surface area contributed by atoms with Crippen molar-refractivity contribution >= 4 is 28.9 Å². The molecule has 158 valence electrons. The molecule has 3 aromatic rings. The predicted octanol–water partition coefficient (Wildman–Crippen LogP) is 4.31. The van der Waals surface area contributed by atoms with Gasteiger partial charge in [0.15, 0.2) is 12.4 Å². The lowest BCUT2D eigenvalue weighted by Crippen LogP contribution is -2.23. The van der Waals surface area contributed by atoms with Gasteiger partial charge >= 0.3 is 5.69 Å². The molecule has 2 amide bonds. The molecule has 0 fully saturated rings. The normalized spacial score (nSPS) is 10.3. The zero-order valence-corrected chi connectivity index (χ0v) is 16.4. The van der Waals surface area contributed by atoms with Gasteiger partial charge in [0.05, 0.1) is 16.2 Å². The maximum Gasteiger partial charge on any atom is 0.311 e.